The molecule has 0 atom stereocenters. The summed E-state index contributed by atoms with van der Waals surface area (Å²) in [6.07, 6.45) is 0. The van der Waals surface area contributed by atoms with E-state index in [2.05, 4.69) is 15.4 Å². The van der Waals surface area contributed by atoms with Gasteiger partial charge < -0.3 is 4.74 Å². The van der Waals surface area contributed by atoms with Crippen LogP contribution in [0.5, 0.6) is 5.75 Å². The van der Waals surface area contributed by atoms with Crippen LogP contribution in [0.15, 0.2) is 23.1 Å². The number of nitrogens with zero attached hydrogens (tertiary/aromatic N) is 5. The largest absolute Gasteiger partial charge is 0.484 e. The molecule has 0 unspecified atom stereocenters. The monoisotopic (exact) mass is 314 g/mol. The number of ether oxygens (including phenoxy) is 1. The summed E-state index contributed by atoms with van der Waals surface area (Å²) in [5, 5.41) is 26.8. The fourth-order valence-electron chi connectivity index (χ4n) is 1.48. The van der Waals surface area contributed by atoms with Crippen molar-refractivity contribution in [3.05, 3.63) is 34.1 Å². The number of aromatic nitrogens is 4. The lowest BCUT2D eigenvalue weighted by atomic mass is 10.3. The van der Waals surface area contributed by atoms with Crippen molar-refractivity contribution in [3.8, 4) is 5.75 Å². The standard InChI is InChI=1S/C9H10N6O5S/c1-14-12-9(11-13-14)5-20-7-3-2-6(15(16)17)4-8(7)21(10,18)19/h2-4H,5H2,1H3,(H2,10,18,19). The van der Waals surface area contributed by atoms with Crippen molar-refractivity contribution in [1.82, 2.24) is 20.2 Å². The van der Waals surface area contributed by atoms with Gasteiger partial charge in [-0.15, -0.1) is 10.2 Å². The maximum absolute atomic E-state index is 11.5. The third-order valence-electron chi connectivity index (χ3n) is 2.35. The van der Waals surface area contributed by atoms with E-state index in [1.165, 1.54) is 4.80 Å². The molecule has 112 valence electrons. The summed E-state index contributed by atoms with van der Waals surface area (Å²) in [7, 11) is -2.63. The second kappa shape index (κ2) is 5.41. The van der Waals surface area contributed by atoms with Crippen LogP contribution in [-0.2, 0) is 23.7 Å². The number of rotatable bonds is 5. The highest BCUT2D eigenvalue weighted by atomic mass is 32.2. The predicted octanol–water partition coefficient (Wildman–Crippen LogP) is -0.655. The van der Waals surface area contributed by atoms with Crippen molar-refractivity contribution >= 4 is 15.7 Å². The molecule has 0 aliphatic rings. The highest BCUT2D eigenvalue weighted by Gasteiger charge is 2.20. The van der Waals surface area contributed by atoms with Gasteiger partial charge in [0, 0.05) is 12.1 Å². The predicted molar refractivity (Wildman–Crippen MR) is 67.6 cm³/mol. The zero-order valence-electron chi connectivity index (χ0n) is 10.7. The van der Waals surface area contributed by atoms with E-state index in [0.29, 0.717) is 0 Å². The molecule has 2 aromatic rings. The molecule has 1 heterocycles. The Morgan fingerprint density at radius 3 is 2.71 bits per heavy atom. The number of primary sulfonamides is 1. The third-order valence-corrected chi connectivity index (χ3v) is 3.28. The van der Waals surface area contributed by atoms with Gasteiger partial charge in [-0.1, -0.05) is 0 Å². The molecule has 11 nitrogen and oxygen atoms in total. The fourth-order valence-corrected chi connectivity index (χ4v) is 2.17. The van der Waals surface area contributed by atoms with Gasteiger partial charge in [0.1, 0.15) is 10.6 Å². The molecule has 0 saturated heterocycles. The van der Waals surface area contributed by atoms with Crippen molar-refractivity contribution in [2.24, 2.45) is 12.2 Å². The highest BCUT2D eigenvalue weighted by Crippen LogP contribution is 2.27. The van der Waals surface area contributed by atoms with Crippen molar-refractivity contribution in [2.75, 3.05) is 0 Å². The van der Waals surface area contributed by atoms with Gasteiger partial charge in [-0.3, -0.25) is 10.1 Å². The molecule has 12 heteroatoms. The minimum absolute atomic E-state index is 0.129. The molecule has 0 spiro atoms. The Labute approximate surface area is 118 Å². The quantitative estimate of drug-likeness (QED) is 0.563. The zero-order chi connectivity index (χ0) is 15.6. The first kappa shape index (κ1) is 14.8. The summed E-state index contributed by atoms with van der Waals surface area (Å²) < 4.78 is 28.2. The molecule has 0 fully saturated rings. The summed E-state index contributed by atoms with van der Waals surface area (Å²) in [4.78, 5) is 10.7. The minimum atomic E-state index is -4.18. The lowest BCUT2D eigenvalue weighted by molar-refractivity contribution is -0.385. The molecule has 0 aliphatic heterocycles. The number of non-ortho nitro benzene ring substituents is 1. The third kappa shape index (κ3) is 3.49. The van der Waals surface area contributed by atoms with Crippen molar-refractivity contribution in [2.45, 2.75) is 11.5 Å². The molecule has 0 bridgehead atoms. The fraction of sp³-hybridized carbons (Fsp3) is 0.222. The summed E-state index contributed by atoms with van der Waals surface area (Å²) in [5.74, 6) is 0.0896. The molecule has 0 radical (unpaired) electrons. The molecule has 2 N–H and O–H groups in total. The van der Waals surface area contributed by atoms with Gasteiger partial charge in [0.15, 0.2) is 6.61 Å². The van der Waals surface area contributed by atoms with Crippen LogP contribution in [0.4, 0.5) is 5.69 Å². The van der Waals surface area contributed by atoms with E-state index in [4.69, 9.17) is 9.88 Å². The topological polar surface area (TPSA) is 156 Å². The SMILES string of the molecule is Cn1nnc(COc2ccc([N+](=O)[O-])cc2S(N)(=O)=O)n1. The van der Waals surface area contributed by atoms with Crippen LogP contribution in [0.3, 0.4) is 0 Å². The molecule has 21 heavy (non-hydrogen) atoms. The van der Waals surface area contributed by atoms with Gasteiger partial charge in [0.05, 0.1) is 12.0 Å². The summed E-state index contributed by atoms with van der Waals surface area (Å²) >= 11 is 0. The summed E-state index contributed by atoms with van der Waals surface area (Å²) in [6.45, 7) is -0.159. The average molecular weight is 314 g/mol. The Morgan fingerprint density at radius 1 is 1.48 bits per heavy atom. The zero-order valence-corrected chi connectivity index (χ0v) is 11.5. The van der Waals surface area contributed by atoms with Crippen molar-refractivity contribution in [1.29, 1.82) is 0 Å². The normalized spacial score (nSPS) is 11.3. The first-order valence-corrected chi connectivity index (χ1v) is 6.99. The van der Waals surface area contributed by atoms with Crippen LogP contribution < -0.4 is 9.88 Å². The molecule has 0 amide bonds. The number of sulfonamides is 1. The van der Waals surface area contributed by atoms with E-state index in [9.17, 15) is 18.5 Å². The number of nitro benzene ring substituents is 1. The van der Waals surface area contributed by atoms with E-state index in [-0.39, 0.29) is 18.2 Å². The number of nitrogens with two attached hydrogens (primary N) is 1. The molecule has 2 rings (SSSR count). The molecule has 0 aliphatic carbocycles. The number of tetrazole rings is 1. The van der Waals surface area contributed by atoms with E-state index in [0.717, 1.165) is 18.2 Å². The van der Waals surface area contributed by atoms with Crippen LogP contribution >= 0.6 is 0 Å². The molecule has 1 aromatic heterocycles. The lowest BCUT2D eigenvalue weighted by Gasteiger charge is -2.08. The Balaban J connectivity index is 2.32. The second-order valence-electron chi connectivity index (χ2n) is 3.92. The van der Waals surface area contributed by atoms with Crippen LogP contribution in [0.25, 0.3) is 0 Å². The number of hydrogen-bond donors (Lipinski definition) is 1. The minimum Gasteiger partial charge on any atom is -0.484 e. The molecule has 1 aromatic carbocycles. The van der Waals surface area contributed by atoms with E-state index in [1.54, 1.807) is 7.05 Å². The van der Waals surface area contributed by atoms with Gasteiger partial charge in [-0.2, -0.15) is 4.80 Å². The van der Waals surface area contributed by atoms with Gasteiger partial charge in [0.25, 0.3) is 5.69 Å². The highest BCUT2D eigenvalue weighted by molar-refractivity contribution is 7.89. The lowest BCUT2D eigenvalue weighted by Crippen LogP contribution is -2.14. The Bertz CT molecular complexity index is 786. The number of aryl methyl sites for hydroxylation is 1. The maximum atomic E-state index is 11.5. The maximum Gasteiger partial charge on any atom is 0.271 e. The van der Waals surface area contributed by atoms with Crippen LogP contribution in [0.2, 0.25) is 0 Å². The van der Waals surface area contributed by atoms with E-state index in [1.807, 2.05) is 0 Å². The Kier molecular flexibility index (Phi) is 3.82. The van der Waals surface area contributed by atoms with Gasteiger partial charge in [-0.05, 0) is 11.3 Å². The summed E-state index contributed by atoms with van der Waals surface area (Å²) in [6, 6.07) is 3.08. The van der Waals surface area contributed by atoms with Gasteiger partial charge >= 0.3 is 0 Å². The van der Waals surface area contributed by atoms with Crippen molar-refractivity contribution in [3.63, 3.8) is 0 Å². The Hall–Kier alpha value is -2.60. The van der Waals surface area contributed by atoms with Gasteiger partial charge in [-0.25, -0.2) is 13.6 Å². The van der Waals surface area contributed by atoms with Crippen LogP contribution in [0.1, 0.15) is 5.82 Å². The molecule has 0 saturated carbocycles. The van der Waals surface area contributed by atoms with Gasteiger partial charge in [0.2, 0.25) is 15.8 Å². The molecular formula is C9H10N6O5S. The van der Waals surface area contributed by atoms with E-state index < -0.39 is 25.5 Å². The average Bonchev–Trinajstić information content (AvgIpc) is 2.81. The van der Waals surface area contributed by atoms with Crippen molar-refractivity contribution < 1.29 is 18.1 Å². The smallest absolute Gasteiger partial charge is 0.271 e. The first-order valence-electron chi connectivity index (χ1n) is 5.44. The first-order chi connectivity index (χ1) is 9.77. The number of hydrogen-bond acceptors (Lipinski definition) is 8. The molecular weight excluding hydrogens is 304 g/mol. The number of nitro groups is 1. The van der Waals surface area contributed by atoms with Crippen LogP contribution in [-0.4, -0.2) is 33.5 Å². The van der Waals surface area contributed by atoms with E-state index >= 15 is 0 Å². The number of benzene rings is 1. The Morgan fingerprint density at radius 2 is 2.19 bits per heavy atom. The summed E-state index contributed by atoms with van der Waals surface area (Å²) in [5.41, 5.74) is -0.413. The second-order valence-corrected chi connectivity index (χ2v) is 5.45. The van der Waals surface area contributed by atoms with Crippen LogP contribution in [0, 0.1) is 10.1 Å².